The highest BCUT2D eigenvalue weighted by molar-refractivity contribution is 5.94. The molecule has 1 aromatic heterocycles. The Kier molecular flexibility index (Phi) is 6.22. The molecule has 4 aromatic rings. The fourth-order valence-electron chi connectivity index (χ4n) is 3.71. The molecule has 3 aromatic carbocycles. The third-order valence-corrected chi connectivity index (χ3v) is 5.40. The van der Waals surface area contributed by atoms with E-state index in [0.717, 1.165) is 17.1 Å². The Hall–Kier alpha value is -3.66. The predicted octanol–water partition coefficient (Wildman–Crippen LogP) is 6.13. The van der Waals surface area contributed by atoms with Crippen LogP contribution in [0.3, 0.4) is 0 Å². The van der Waals surface area contributed by atoms with E-state index < -0.39 is 6.04 Å². The molecule has 0 spiro atoms. The Balaban J connectivity index is 1.76. The summed E-state index contributed by atoms with van der Waals surface area (Å²) < 4.78 is 2.13. The van der Waals surface area contributed by atoms with Gasteiger partial charge < -0.3 is 4.57 Å². The summed E-state index contributed by atoms with van der Waals surface area (Å²) >= 11 is 0. The molecule has 1 heterocycles. The predicted molar refractivity (Wildman–Crippen MR) is 128 cm³/mol. The van der Waals surface area contributed by atoms with Crippen molar-refractivity contribution in [1.82, 2.24) is 14.9 Å². The summed E-state index contributed by atoms with van der Waals surface area (Å²) in [6, 6.07) is 29.2. The SMILES string of the molecule is CC(C)(C)[C@@H]([N]C(=O)c1ccccc1)c1nc(-c2ccccc2)cn1Cc1ccccc1. The highest BCUT2D eigenvalue weighted by Crippen LogP contribution is 2.35. The van der Waals surface area contributed by atoms with Crippen LogP contribution in [-0.4, -0.2) is 15.5 Å². The van der Waals surface area contributed by atoms with E-state index in [0.29, 0.717) is 12.1 Å². The van der Waals surface area contributed by atoms with E-state index in [1.807, 2.05) is 54.6 Å². The number of benzene rings is 3. The first-order valence-electron chi connectivity index (χ1n) is 10.9. The van der Waals surface area contributed by atoms with Crippen LogP contribution in [0, 0.1) is 5.41 Å². The van der Waals surface area contributed by atoms with Crippen molar-refractivity contribution in [1.29, 1.82) is 0 Å². The number of carbonyl (C=O) groups excluding carboxylic acids is 1. The maximum absolute atomic E-state index is 13.0. The molecule has 0 aliphatic carbocycles. The molecule has 0 saturated carbocycles. The van der Waals surface area contributed by atoms with Crippen molar-refractivity contribution in [2.75, 3.05) is 0 Å². The van der Waals surface area contributed by atoms with Gasteiger partial charge in [0.15, 0.2) is 0 Å². The quantitative estimate of drug-likeness (QED) is 0.375. The van der Waals surface area contributed by atoms with Crippen molar-refractivity contribution in [2.24, 2.45) is 5.41 Å². The number of amides is 1. The number of carbonyl (C=O) groups is 1. The van der Waals surface area contributed by atoms with Crippen molar-refractivity contribution in [2.45, 2.75) is 33.4 Å². The molecule has 0 bridgehead atoms. The summed E-state index contributed by atoms with van der Waals surface area (Å²) in [6.07, 6.45) is 2.07. The van der Waals surface area contributed by atoms with E-state index in [2.05, 4.69) is 61.1 Å². The largest absolute Gasteiger partial charge is 0.328 e. The highest BCUT2D eigenvalue weighted by atomic mass is 16.1. The maximum Gasteiger partial charge on any atom is 0.273 e. The topological polar surface area (TPSA) is 49.0 Å². The van der Waals surface area contributed by atoms with Gasteiger partial charge in [-0.1, -0.05) is 99.6 Å². The van der Waals surface area contributed by atoms with Gasteiger partial charge in [0.05, 0.1) is 5.69 Å². The van der Waals surface area contributed by atoms with Gasteiger partial charge in [-0.05, 0) is 23.1 Å². The Bertz CT molecular complexity index is 1160. The number of rotatable bonds is 6. The lowest BCUT2D eigenvalue weighted by Crippen LogP contribution is -2.33. The third-order valence-electron chi connectivity index (χ3n) is 5.40. The first-order chi connectivity index (χ1) is 15.4. The fraction of sp³-hybridized carbons (Fsp3) is 0.214. The minimum Gasteiger partial charge on any atom is -0.328 e. The van der Waals surface area contributed by atoms with Gasteiger partial charge in [0.25, 0.3) is 5.91 Å². The van der Waals surface area contributed by atoms with Crippen LogP contribution in [0.5, 0.6) is 0 Å². The van der Waals surface area contributed by atoms with Crippen LogP contribution in [0.15, 0.2) is 97.2 Å². The second kappa shape index (κ2) is 9.23. The van der Waals surface area contributed by atoms with E-state index in [1.54, 1.807) is 12.1 Å². The van der Waals surface area contributed by atoms with E-state index in [-0.39, 0.29) is 11.3 Å². The van der Waals surface area contributed by atoms with Gasteiger partial charge in [-0.2, -0.15) is 0 Å². The van der Waals surface area contributed by atoms with Crippen molar-refractivity contribution in [3.05, 3.63) is 114 Å². The van der Waals surface area contributed by atoms with Crippen molar-refractivity contribution < 1.29 is 4.79 Å². The molecule has 4 nitrogen and oxygen atoms in total. The Labute approximate surface area is 190 Å². The molecule has 1 atom stereocenters. The molecular weight excluding hydrogens is 394 g/mol. The average molecular weight is 423 g/mol. The molecule has 0 fully saturated rings. The number of hydrogen-bond acceptors (Lipinski definition) is 2. The first kappa shape index (κ1) is 21.6. The Morgan fingerprint density at radius 2 is 1.44 bits per heavy atom. The minimum atomic E-state index is -0.392. The zero-order valence-electron chi connectivity index (χ0n) is 18.8. The second-order valence-corrected chi connectivity index (χ2v) is 9.03. The van der Waals surface area contributed by atoms with Crippen LogP contribution < -0.4 is 5.32 Å². The molecule has 4 rings (SSSR count). The van der Waals surface area contributed by atoms with Gasteiger partial charge in [-0.3, -0.25) is 4.79 Å². The van der Waals surface area contributed by atoms with Crippen LogP contribution >= 0.6 is 0 Å². The molecule has 1 radical (unpaired) electrons. The van der Waals surface area contributed by atoms with E-state index in [4.69, 9.17) is 4.98 Å². The molecule has 161 valence electrons. The summed E-state index contributed by atoms with van der Waals surface area (Å²) in [7, 11) is 0. The Morgan fingerprint density at radius 1 is 0.875 bits per heavy atom. The third kappa shape index (κ3) is 4.97. The number of imidazole rings is 1. The van der Waals surface area contributed by atoms with Gasteiger partial charge in [-0.15, -0.1) is 0 Å². The molecule has 32 heavy (non-hydrogen) atoms. The Morgan fingerprint density at radius 3 is 2.03 bits per heavy atom. The van der Waals surface area contributed by atoms with Gasteiger partial charge >= 0.3 is 0 Å². The molecule has 0 aliphatic heterocycles. The smallest absolute Gasteiger partial charge is 0.273 e. The van der Waals surface area contributed by atoms with Crippen LogP contribution in [0.4, 0.5) is 0 Å². The van der Waals surface area contributed by atoms with Crippen LogP contribution in [0.25, 0.3) is 11.3 Å². The van der Waals surface area contributed by atoms with Crippen molar-refractivity contribution in [3.8, 4) is 11.3 Å². The van der Waals surface area contributed by atoms with Gasteiger partial charge in [0.2, 0.25) is 0 Å². The summed E-state index contributed by atoms with van der Waals surface area (Å²) in [5, 5.41) is 4.68. The standard InChI is InChI=1S/C28H28N3O/c1-28(2,3)25(30-27(32)23-17-11-6-12-18-23)26-29-24(22-15-9-5-10-16-22)20-31(26)19-21-13-7-4-8-14-21/h4-18,20,25H,19H2,1-3H3/t25-/m0/s1. The normalized spacial score (nSPS) is 12.3. The molecule has 0 saturated heterocycles. The summed E-state index contributed by atoms with van der Waals surface area (Å²) in [5.74, 6) is 0.575. The molecule has 0 N–H and O–H groups in total. The lowest BCUT2D eigenvalue weighted by molar-refractivity contribution is 0.0887. The van der Waals surface area contributed by atoms with Crippen LogP contribution in [0.1, 0.15) is 48.6 Å². The van der Waals surface area contributed by atoms with Gasteiger partial charge in [-0.25, -0.2) is 10.3 Å². The van der Waals surface area contributed by atoms with E-state index in [9.17, 15) is 4.79 Å². The molecule has 0 unspecified atom stereocenters. The average Bonchev–Trinajstić information content (AvgIpc) is 3.21. The van der Waals surface area contributed by atoms with Crippen LogP contribution in [-0.2, 0) is 6.54 Å². The van der Waals surface area contributed by atoms with Gasteiger partial charge in [0, 0.05) is 23.9 Å². The van der Waals surface area contributed by atoms with Crippen molar-refractivity contribution in [3.63, 3.8) is 0 Å². The molecule has 0 aliphatic rings. The van der Waals surface area contributed by atoms with E-state index >= 15 is 0 Å². The summed E-state index contributed by atoms with van der Waals surface area (Å²) in [4.78, 5) is 18.0. The van der Waals surface area contributed by atoms with E-state index in [1.165, 1.54) is 5.56 Å². The number of aromatic nitrogens is 2. The monoisotopic (exact) mass is 422 g/mol. The summed E-state index contributed by atoms with van der Waals surface area (Å²) in [6.45, 7) is 6.97. The number of hydrogen-bond donors (Lipinski definition) is 0. The lowest BCUT2D eigenvalue weighted by atomic mass is 9.85. The first-order valence-corrected chi connectivity index (χ1v) is 10.9. The fourth-order valence-corrected chi connectivity index (χ4v) is 3.71. The molecule has 4 heteroatoms. The van der Waals surface area contributed by atoms with Crippen molar-refractivity contribution >= 4 is 5.91 Å². The zero-order chi connectivity index (χ0) is 22.6. The highest BCUT2D eigenvalue weighted by Gasteiger charge is 2.34. The van der Waals surface area contributed by atoms with Crippen LogP contribution in [0.2, 0.25) is 0 Å². The summed E-state index contributed by atoms with van der Waals surface area (Å²) in [5.41, 5.74) is 3.40. The number of nitrogens with zero attached hydrogens (tertiary/aromatic N) is 3. The lowest BCUT2D eigenvalue weighted by Gasteiger charge is -2.29. The maximum atomic E-state index is 13.0. The molecular formula is C28H28N3O. The molecule has 1 amide bonds. The minimum absolute atomic E-state index is 0.221. The zero-order valence-corrected chi connectivity index (χ0v) is 18.8. The second-order valence-electron chi connectivity index (χ2n) is 9.03. The van der Waals surface area contributed by atoms with Gasteiger partial charge in [0.1, 0.15) is 11.9 Å².